The largest absolute Gasteiger partial charge is 0.278 e. The van der Waals surface area contributed by atoms with E-state index in [2.05, 4.69) is 4.98 Å². The van der Waals surface area contributed by atoms with Gasteiger partial charge < -0.3 is 0 Å². The van der Waals surface area contributed by atoms with Gasteiger partial charge in [0, 0.05) is 5.38 Å². The van der Waals surface area contributed by atoms with Crippen LogP contribution in [0.5, 0.6) is 0 Å². The molecule has 2 rings (SSSR count). The maximum absolute atomic E-state index is 12.1. The van der Waals surface area contributed by atoms with Gasteiger partial charge in [-0.25, -0.2) is 4.98 Å². The van der Waals surface area contributed by atoms with Crippen LogP contribution in [0.3, 0.4) is 0 Å². The summed E-state index contributed by atoms with van der Waals surface area (Å²) in [6, 6.07) is 7.78. The molecule has 2 aromatic rings. The number of rotatable bonds is 3. The summed E-state index contributed by atoms with van der Waals surface area (Å²) in [5, 5.41) is 10.5. The SMILES string of the molecule is N#CN(c1cscn1)S(=O)(=O)c1ccccc1. The first-order chi connectivity index (χ1) is 8.16. The Kier molecular flexibility index (Phi) is 3.08. The minimum atomic E-state index is -3.86. The van der Waals surface area contributed by atoms with Crippen molar-refractivity contribution in [1.29, 1.82) is 5.26 Å². The lowest BCUT2D eigenvalue weighted by Gasteiger charge is -2.12. The van der Waals surface area contributed by atoms with Crippen LogP contribution in [0, 0.1) is 11.5 Å². The standard InChI is InChI=1S/C10H7N3O2S2/c11-7-13(10-6-16-8-12-10)17(14,15)9-4-2-1-3-5-9/h1-6,8H. The number of hydrogen-bond donors (Lipinski definition) is 0. The Hall–Kier alpha value is -1.91. The molecular weight excluding hydrogens is 258 g/mol. The normalized spacial score (nSPS) is 10.8. The highest BCUT2D eigenvalue weighted by atomic mass is 32.2. The molecule has 0 radical (unpaired) electrons. The van der Waals surface area contributed by atoms with E-state index in [0.29, 0.717) is 4.31 Å². The van der Waals surface area contributed by atoms with Crippen molar-refractivity contribution in [2.45, 2.75) is 4.90 Å². The Balaban J connectivity index is 2.50. The van der Waals surface area contributed by atoms with E-state index in [1.165, 1.54) is 34.4 Å². The van der Waals surface area contributed by atoms with Crippen molar-refractivity contribution in [3.63, 3.8) is 0 Å². The molecule has 0 unspecified atom stereocenters. The highest BCUT2D eigenvalue weighted by molar-refractivity contribution is 7.93. The van der Waals surface area contributed by atoms with Crippen LogP contribution in [0.1, 0.15) is 0 Å². The lowest BCUT2D eigenvalue weighted by atomic mass is 10.4. The molecule has 0 saturated carbocycles. The zero-order valence-electron chi connectivity index (χ0n) is 8.52. The van der Waals surface area contributed by atoms with E-state index in [9.17, 15) is 8.42 Å². The van der Waals surface area contributed by atoms with Gasteiger partial charge >= 0.3 is 0 Å². The molecule has 1 heterocycles. The van der Waals surface area contributed by atoms with Gasteiger partial charge in [-0.1, -0.05) is 18.2 Å². The van der Waals surface area contributed by atoms with Gasteiger partial charge in [-0.2, -0.15) is 18.0 Å². The number of thiazole rings is 1. The number of nitrogens with zero attached hydrogens (tertiary/aromatic N) is 3. The number of anilines is 1. The minimum Gasteiger partial charge on any atom is -0.226 e. The number of sulfonamides is 1. The van der Waals surface area contributed by atoms with E-state index in [0.717, 1.165) is 0 Å². The van der Waals surface area contributed by atoms with Crippen molar-refractivity contribution in [3.05, 3.63) is 41.2 Å². The van der Waals surface area contributed by atoms with Gasteiger partial charge in [-0.3, -0.25) is 0 Å². The second kappa shape index (κ2) is 4.53. The fraction of sp³-hybridized carbons (Fsp3) is 0. The zero-order chi connectivity index (χ0) is 12.3. The fourth-order valence-electron chi connectivity index (χ4n) is 1.23. The lowest BCUT2D eigenvalue weighted by molar-refractivity contribution is 0.596. The Bertz CT molecular complexity index is 630. The molecule has 7 heteroatoms. The second-order valence-electron chi connectivity index (χ2n) is 3.03. The summed E-state index contributed by atoms with van der Waals surface area (Å²) in [7, 11) is -3.86. The molecule has 0 fully saturated rings. The molecule has 0 spiro atoms. The molecule has 1 aromatic carbocycles. The number of nitriles is 1. The summed E-state index contributed by atoms with van der Waals surface area (Å²) in [5.74, 6) is 0.112. The molecule has 0 N–H and O–H groups in total. The van der Waals surface area contributed by atoms with Crippen molar-refractivity contribution >= 4 is 27.2 Å². The Morgan fingerprint density at radius 1 is 1.29 bits per heavy atom. The molecule has 0 saturated heterocycles. The predicted molar refractivity (Wildman–Crippen MR) is 63.8 cm³/mol. The first-order valence-corrected chi connectivity index (χ1v) is 6.93. The van der Waals surface area contributed by atoms with Crippen molar-refractivity contribution < 1.29 is 8.42 Å². The van der Waals surface area contributed by atoms with Gasteiger partial charge in [0.15, 0.2) is 5.82 Å². The van der Waals surface area contributed by atoms with Crippen LogP contribution in [0.2, 0.25) is 0 Å². The summed E-state index contributed by atoms with van der Waals surface area (Å²) >= 11 is 1.23. The molecule has 1 aromatic heterocycles. The van der Waals surface area contributed by atoms with Crippen LogP contribution in [-0.4, -0.2) is 13.4 Å². The molecule has 0 aliphatic heterocycles. The van der Waals surface area contributed by atoms with Crippen LogP contribution in [0.4, 0.5) is 5.82 Å². The van der Waals surface area contributed by atoms with Gasteiger partial charge in [0.2, 0.25) is 6.19 Å². The third-order valence-electron chi connectivity index (χ3n) is 2.00. The summed E-state index contributed by atoms with van der Waals surface area (Å²) in [6.07, 6.45) is 1.63. The maximum atomic E-state index is 12.1. The van der Waals surface area contributed by atoms with Gasteiger partial charge in [0.25, 0.3) is 10.0 Å². The molecule has 0 atom stereocenters. The molecule has 5 nitrogen and oxygen atoms in total. The van der Waals surface area contributed by atoms with E-state index >= 15 is 0 Å². The van der Waals surface area contributed by atoms with Crippen LogP contribution in [-0.2, 0) is 10.0 Å². The van der Waals surface area contributed by atoms with E-state index in [1.54, 1.807) is 24.4 Å². The molecular formula is C10H7N3O2S2. The first kappa shape index (κ1) is 11.6. The summed E-state index contributed by atoms with van der Waals surface area (Å²) < 4.78 is 24.9. The smallest absolute Gasteiger partial charge is 0.226 e. The third-order valence-corrected chi connectivity index (χ3v) is 4.19. The van der Waals surface area contributed by atoms with Gasteiger partial charge in [-0.05, 0) is 12.1 Å². The van der Waals surface area contributed by atoms with Crippen LogP contribution < -0.4 is 4.31 Å². The van der Waals surface area contributed by atoms with Crippen molar-refractivity contribution in [2.24, 2.45) is 0 Å². The summed E-state index contributed by atoms with van der Waals surface area (Å²) in [4.78, 5) is 3.89. The topological polar surface area (TPSA) is 74.1 Å². The average Bonchev–Trinajstić information content (AvgIpc) is 2.84. The van der Waals surface area contributed by atoms with Crippen LogP contribution >= 0.6 is 11.3 Å². The van der Waals surface area contributed by atoms with Crippen molar-refractivity contribution in [2.75, 3.05) is 4.31 Å². The first-order valence-electron chi connectivity index (χ1n) is 4.54. The molecule has 0 amide bonds. The maximum Gasteiger partial charge on any atom is 0.278 e. The van der Waals surface area contributed by atoms with E-state index in [1.807, 2.05) is 0 Å². The third kappa shape index (κ3) is 2.13. The second-order valence-corrected chi connectivity index (χ2v) is 5.53. The number of aromatic nitrogens is 1. The number of benzene rings is 1. The monoisotopic (exact) mass is 265 g/mol. The van der Waals surface area contributed by atoms with E-state index < -0.39 is 10.0 Å². The van der Waals surface area contributed by atoms with Gasteiger partial charge in [0.05, 0.1) is 10.4 Å². The Morgan fingerprint density at radius 3 is 2.53 bits per heavy atom. The molecule has 0 aliphatic carbocycles. The summed E-state index contributed by atoms with van der Waals surface area (Å²) in [6.45, 7) is 0. The average molecular weight is 265 g/mol. The lowest BCUT2D eigenvalue weighted by Crippen LogP contribution is -2.26. The van der Waals surface area contributed by atoms with Crippen molar-refractivity contribution in [3.8, 4) is 6.19 Å². The Morgan fingerprint density at radius 2 is 2.00 bits per heavy atom. The number of hydrogen-bond acceptors (Lipinski definition) is 5. The molecule has 17 heavy (non-hydrogen) atoms. The quantitative estimate of drug-likeness (QED) is 0.626. The van der Waals surface area contributed by atoms with E-state index in [-0.39, 0.29) is 10.7 Å². The van der Waals surface area contributed by atoms with Gasteiger partial charge in [0.1, 0.15) is 0 Å². The highest BCUT2D eigenvalue weighted by Crippen LogP contribution is 2.22. The van der Waals surface area contributed by atoms with Crippen LogP contribution in [0.25, 0.3) is 0 Å². The fourth-order valence-corrected chi connectivity index (χ4v) is 2.98. The van der Waals surface area contributed by atoms with Gasteiger partial charge in [-0.15, -0.1) is 11.3 Å². The predicted octanol–water partition coefficient (Wildman–Crippen LogP) is 1.82. The minimum absolute atomic E-state index is 0.0644. The highest BCUT2D eigenvalue weighted by Gasteiger charge is 2.25. The molecule has 0 bridgehead atoms. The Labute approximate surface area is 103 Å². The van der Waals surface area contributed by atoms with Crippen molar-refractivity contribution in [1.82, 2.24) is 4.98 Å². The molecule has 0 aliphatic rings. The van der Waals surface area contributed by atoms with E-state index in [4.69, 9.17) is 5.26 Å². The molecule has 86 valence electrons. The summed E-state index contributed by atoms with van der Waals surface area (Å²) in [5.41, 5.74) is 1.47. The van der Waals surface area contributed by atoms with Crippen LogP contribution in [0.15, 0.2) is 46.1 Å². The zero-order valence-corrected chi connectivity index (χ0v) is 10.1.